The van der Waals surface area contributed by atoms with Gasteiger partial charge in [0.05, 0.1) is 16.9 Å². The maximum Gasteiger partial charge on any atom is 0.307 e. The summed E-state index contributed by atoms with van der Waals surface area (Å²) in [5.74, 6) is 0.484. The lowest BCUT2D eigenvalue weighted by atomic mass is 10.2. The van der Waals surface area contributed by atoms with Crippen LogP contribution < -0.4 is 5.43 Å². The molecule has 0 aliphatic carbocycles. The highest BCUT2D eigenvalue weighted by Crippen LogP contribution is 2.28. The lowest BCUT2D eigenvalue weighted by Crippen LogP contribution is -2.16. The SMILES string of the molecule is Cc1ccc(C(=O)N/N=C\c2cc(C)n(-c3cc(Cl)ccc3Cl)c2C)o1. The van der Waals surface area contributed by atoms with Crippen LogP contribution in [0.15, 0.2) is 45.9 Å². The Morgan fingerprint density at radius 1 is 1.15 bits per heavy atom. The van der Waals surface area contributed by atoms with Gasteiger partial charge in [0.25, 0.3) is 0 Å². The van der Waals surface area contributed by atoms with E-state index >= 15 is 0 Å². The Morgan fingerprint density at radius 2 is 1.92 bits per heavy atom. The molecule has 0 aliphatic heterocycles. The maximum atomic E-state index is 12.0. The molecule has 134 valence electrons. The van der Waals surface area contributed by atoms with Crippen molar-refractivity contribution in [2.75, 3.05) is 0 Å². The van der Waals surface area contributed by atoms with Gasteiger partial charge < -0.3 is 8.98 Å². The van der Waals surface area contributed by atoms with Gasteiger partial charge >= 0.3 is 5.91 Å². The highest BCUT2D eigenvalue weighted by atomic mass is 35.5. The molecule has 0 saturated heterocycles. The summed E-state index contributed by atoms with van der Waals surface area (Å²) in [6, 6.07) is 10.6. The van der Waals surface area contributed by atoms with Crippen LogP contribution in [-0.4, -0.2) is 16.7 Å². The van der Waals surface area contributed by atoms with Crippen molar-refractivity contribution in [3.8, 4) is 5.69 Å². The standard InChI is InChI=1S/C19H17Cl2N3O2/c1-11-8-14(10-22-23-19(25)18-7-4-12(2)26-18)13(3)24(11)17-9-15(20)5-6-16(17)21/h4-10H,1-3H3,(H,23,25)/b22-10-. The second-order valence-corrected chi connectivity index (χ2v) is 6.71. The monoisotopic (exact) mass is 389 g/mol. The van der Waals surface area contributed by atoms with Crippen LogP contribution in [0.25, 0.3) is 5.69 Å². The van der Waals surface area contributed by atoms with Crippen molar-refractivity contribution in [3.05, 3.63) is 74.9 Å². The number of nitrogens with one attached hydrogen (secondary N) is 1. The number of carbonyl (C=O) groups is 1. The van der Waals surface area contributed by atoms with E-state index in [1.165, 1.54) is 0 Å². The molecule has 0 spiro atoms. The van der Waals surface area contributed by atoms with Gasteiger partial charge in [-0.1, -0.05) is 23.2 Å². The van der Waals surface area contributed by atoms with Gasteiger partial charge in [0, 0.05) is 22.0 Å². The van der Waals surface area contributed by atoms with Crippen LogP contribution in [0.1, 0.15) is 33.3 Å². The van der Waals surface area contributed by atoms with Crippen molar-refractivity contribution in [2.45, 2.75) is 20.8 Å². The van der Waals surface area contributed by atoms with E-state index in [0.717, 1.165) is 22.6 Å². The van der Waals surface area contributed by atoms with Gasteiger partial charge in [-0.25, -0.2) is 5.43 Å². The average molecular weight is 390 g/mol. The number of aromatic nitrogens is 1. The largest absolute Gasteiger partial charge is 0.456 e. The molecule has 0 aliphatic rings. The second kappa shape index (κ2) is 7.40. The molecule has 0 saturated carbocycles. The molecule has 1 aromatic carbocycles. The summed E-state index contributed by atoms with van der Waals surface area (Å²) in [6.45, 7) is 5.69. The fourth-order valence-electron chi connectivity index (χ4n) is 2.72. The van der Waals surface area contributed by atoms with E-state index in [2.05, 4.69) is 10.5 Å². The summed E-state index contributed by atoms with van der Waals surface area (Å²) >= 11 is 12.4. The van der Waals surface area contributed by atoms with E-state index in [1.807, 2.05) is 30.5 Å². The molecule has 3 rings (SSSR count). The van der Waals surface area contributed by atoms with Gasteiger partial charge in [-0.15, -0.1) is 0 Å². The molecule has 1 amide bonds. The Labute approximate surface area is 161 Å². The summed E-state index contributed by atoms with van der Waals surface area (Å²) in [4.78, 5) is 12.0. The number of benzene rings is 1. The molecule has 1 N–H and O–H groups in total. The average Bonchev–Trinajstić information content (AvgIpc) is 3.14. The Kier molecular flexibility index (Phi) is 5.20. The first-order valence-corrected chi connectivity index (χ1v) is 8.66. The number of aryl methyl sites for hydroxylation is 2. The first kappa shape index (κ1) is 18.3. The third-order valence-electron chi connectivity index (χ3n) is 3.95. The fraction of sp³-hybridized carbons (Fsp3) is 0.158. The molecule has 0 atom stereocenters. The first-order valence-electron chi connectivity index (χ1n) is 7.91. The number of hydrogen-bond donors (Lipinski definition) is 1. The van der Waals surface area contributed by atoms with Gasteiger partial charge in [0.1, 0.15) is 5.76 Å². The van der Waals surface area contributed by atoms with Gasteiger partial charge in [-0.3, -0.25) is 4.79 Å². The third-order valence-corrected chi connectivity index (χ3v) is 4.51. The molecular weight excluding hydrogens is 373 g/mol. The van der Waals surface area contributed by atoms with E-state index < -0.39 is 5.91 Å². The van der Waals surface area contributed by atoms with Crippen LogP contribution >= 0.6 is 23.2 Å². The van der Waals surface area contributed by atoms with Crippen LogP contribution in [0.2, 0.25) is 10.0 Å². The van der Waals surface area contributed by atoms with E-state index in [1.54, 1.807) is 37.4 Å². The normalized spacial score (nSPS) is 11.3. The zero-order valence-corrected chi connectivity index (χ0v) is 16.0. The third kappa shape index (κ3) is 3.69. The number of amides is 1. The minimum absolute atomic E-state index is 0.218. The molecular formula is C19H17Cl2N3O2. The highest BCUT2D eigenvalue weighted by molar-refractivity contribution is 6.34. The molecule has 0 fully saturated rings. The summed E-state index contributed by atoms with van der Waals surface area (Å²) in [5, 5.41) is 5.22. The lowest BCUT2D eigenvalue weighted by Gasteiger charge is -2.12. The number of hydrogen-bond acceptors (Lipinski definition) is 3. The van der Waals surface area contributed by atoms with E-state index in [0.29, 0.717) is 15.8 Å². The number of furan rings is 1. The minimum atomic E-state index is -0.402. The Morgan fingerprint density at radius 3 is 2.62 bits per heavy atom. The number of halogens is 2. The molecule has 2 aromatic heterocycles. The molecule has 0 radical (unpaired) electrons. The van der Waals surface area contributed by atoms with E-state index in [9.17, 15) is 4.79 Å². The van der Waals surface area contributed by atoms with Gasteiger partial charge in [0.15, 0.2) is 5.76 Å². The number of nitrogens with zero attached hydrogens (tertiary/aromatic N) is 2. The first-order chi connectivity index (χ1) is 12.4. The van der Waals surface area contributed by atoms with Crippen LogP contribution in [0.3, 0.4) is 0 Å². The predicted molar refractivity (Wildman–Crippen MR) is 104 cm³/mol. The molecule has 26 heavy (non-hydrogen) atoms. The maximum absolute atomic E-state index is 12.0. The van der Waals surface area contributed by atoms with Crippen molar-refractivity contribution >= 4 is 35.3 Å². The molecule has 7 heteroatoms. The number of carbonyl (C=O) groups excluding carboxylic acids is 1. The summed E-state index contributed by atoms with van der Waals surface area (Å²) in [6.07, 6.45) is 1.59. The summed E-state index contributed by atoms with van der Waals surface area (Å²) < 4.78 is 7.25. The highest BCUT2D eigenvalue weighted by Gasteiger charge is 2.13. The quantitative estimate of drug-likeness (QED) is 0.500. The zero-order valence-electron chi connectivity index (χ0n) is 14.5. The van der Waals surface area contributed by atoms with Crippen molar-refractivity contribution in [1.82, 2.24) is 9.99 Å². The molecule has 0 unspecified atom stereocenters. The van der Waals surface area contributed by atoms with Crippen LogP contribution in [-0.2, 0) is 0 Å². The van der Waals surface area contributed by atoms with Gasteiger partial charge in [-0.2, -0.15) is 5.10 Å². The number of rotatable bonds is 4. The van der Waals surface area contributed by atoms with Crippen LogP contribution in [0.4, 0.5) is 0 Å². The van der Waals surface area contributed by atoms with Crippen LogP contribution in [0, 0.1) is 20.8 Å². The summed E-state index contributed by atoms with van der Waals surface area (Å²) in [7, 11) is 0. The van der Waals surface area contributed by atoms with Crippen molar-refractivity contribution in [3.63, 3.8) is 0 Å². The van der Waals surface area contributed by atoms with Crippen molar-refractivity contribution in [1.29, 1.82) is 0 Å². The fourth-order valence-corrected chi connectivity index (χ4v) is 3.09. The second-order valence-electron chi connectivity index (χ2n) is 5.87. The topological polar surface area (TPSA) is 59.5 Å². The van der Waals surface area contributed by atoms with Crippen molar-refractivity contribution < 1.29 is 9.21 Å². The Balaban J connectivity index is 1.84. The number of hydrazone groups is 1. The minimum Gasteiger partial charge on any atom is -0.456 e. The molecule has 5 nitrogen and oxygen atoms in total. The Bertz CT molecular complexity index is 1000. The predicted octanol–water partition coefficient (Wildman–Crippen LogP) is 5.07. The van der Waals surface area contributed by atoms with Gasteiger partial charge in [-0.05, 0) is 57.2 Å². The molecule has 3 aromatic rings. The van der Waals surface area contributed by atoms with Crippen LogP contribution in [0.5, 0.6) is 0 Å². The van der Waals surface area contributed by atoms with Crippen molar-refractivity contribution in [2.24, 2.45) is 5.10 Å². The summed E-state index contributed by atoms with van der Waals surface area (Å²) in [5.41, 5.74) is 6.01. The van der Waals surface area contributed by atoms with E-state index in [4.69, 9.17) is 27.6 Å². The Hall–Kier alpha value is -2.50. The lowest BCUT2D eigenvalue weighted by molar-refractivity contribution is 0.0926. The zero-order chi connectivity index (χ0) is 18.8. The smallest absolute Gasteiger partial charge is 0.307 e. The molecule has 0 bridgehead atoms. The molecule has 2 heterocycles. The van der Waals surface area contributed by atoms with E-state index in [-0.39, 0.29) is 5.76 Å². The van der Waals surface area contributed by atoms with Gasteiger partial charge in [0.2, 0.25) is 0 Å².